The van der Waals surface area contributed by atoms with Crippen molar-refractivity contribution in [3.8, 4) is 10.4 Å². The van der Waals surface area contributed by atoms with E-state index >= 15 is 0 Å². The molecule has 206 valence electrons. The second-order valence-corrected chi connectivity index (χ2v) is 12.4. The standard InChI is InChI=1S/C29H33BrN4O4S/c1-16(2)25(34-13-20-10-21(30)8-9-23(20)28(34)37)29(38)33-14-22(35)11-24(33)27(36)31-12-18-4-6-19(7-5-18)26-17(3)32-15-39-26/h4-10,15-16,22,24-25,27,31,35-36H,11-14H2,1-3H3/t22-,24+,25+,27?/m1/s1. The lowest BCUT2D eigenvalue weighted by Crippen LogP contribution is -2.56. The minimum absolute atomic E-state index is 0.120. The summed E-state index contributed by atoms with van der Waals surface area (Å²) in [5, 5.41) is 24.7. The monoisotopic (exact) mass is 612 g/mol. The van der Waals surface area contributed by atoms with Crippen LogP contribution in [0.5, 0.6) is 0 Å². The van der Waals surface area contributed by atoms with Crippen LogP contribution >= 0.6 is 27.3 Å². The quantitative estimate of drug-likeness (QED) is 0.333. The smallest absolute Gasteiger partial charge is 0.255 e. The van der Waals surface area contributed by atoms with E-state index in [-0.39, 0.29) is 30.7 Å². The number of benzene rings is 2. The number of thiazole rings is 1. The molecule has 39 heavy (non-hydrogen) atoms. The van der Waals surface area contributed by atoms with Crippen molar-refractivity contribution in [3.63, 3.8) is 0 Å². The molecule has 1 aromatic heterocycles. The van der Waals surface area contributed by atoms with Crippen LogP contribution in [0.3, 0.4) is 0 Å². The summed E-state index contributed by atoms with van der Waals surface area (Å²) in [6, 6.07) is 12.3. The molecule has 10 heteroatoms. The number of likely N-dealkylation sites (tertiary alicyclic amines) is 1. The molecule has 2 aliphatic heterocycles. The van der Waals surface area contributed by atoms with Crippen LogP contribution in [0.25, 0.3) is 10.4 Å². The van der Waals surface area contributed by atoms with Crippen molar-refractivity contribution in [2.75, 3.05) is 6.54 Å². The minimum Gasteiger partial charge on any atom is -0.391 e. The Kier molecular flexibility index (Phi) is 8.21. The van der Waals surface area contributed by atoms with Crippen LogP contribution < -0.4 is 5.32 Å². The fourth-order valence-corrected chi connectivity index (χ4v) is 6.81. The summed E-state index contributed by atoms with van der Waals surface area (Å²) in [5.41, 5.74) is 6.40. The van der Waals surface area contributed by atoms with Crippen LogP contribution in [0.2, 0.25) is 0 Å². The van der Waals surface area contributed by atoms with Crippen molar-refractivity contribution < 1.29 is 19.8 Å². The van der Waals surface area contributed by atoms with Crippen LogP contribution in [0.15, 0.2) is 52.4 Å². The number of nitrogens with one attached hydrogen (secondary N) is 1. The first kappa shape index (κ1) is 27.9. The molecule has 8 nitrogen and oxygen atoms in total. The Bertz CT molecular complexity index is 1360. The van der Waals surface area contributed by atoms with E-state index in [0.29, 0.717) is 18.7 Å². The van der Waals surface area contributed by atoms with Gasteiger partial charge in [-0.2, -0.15) is 0 Å². The summed E-state index contributed by atoms with van der Waals surface area (Å²) in [6.07, 6.45) is -1.52. The molecule has 2 amide bonds. The first-order valence-electron chi connectivity index (χ1n) is 13.1. The van der Waals surface area contributed by atoms with Gasteiger partial charge in [0.05, 0.1) is 28.2 Å². The number of aliphatic hydroxyl groups excluding tert-OH is 2. The Labute approximate surface area is 240 Å². The van der Waals surface area contributed by atoms with Crippen molar-refractivity contribution in [2.45, 2.75) is 64.7 Å². The molecule has 0 aliphatic carbocycles. The average molecular weight is 614 g/mol. The Morgan fingerprint density at radius 3 is 2.64 bits per heavy atom. The van der Waals surface area contributed by atoms with Crippen molar-refractivity contribution in [1.29, 1.82) is 0 Å². The molecule has 2 aliphatic rings. The van der Waals surface area contributed by atoms with E-state index in [1.54, 1.807) is 27.2 Å². The van der Waals surface area contributed by atoms with Gasteiger partial charge in [0, 0.05) is 29.7 Å². The molecule has 3 N–H and O–H groups in total. The topological polar surface area (TPSA) is 106 Å². The maximum atomic E-state index is 13.9. The number of β-amino-alcohol motifs (C(OH)–C–C–N with tert-alkyl or cyclic N) is 1. The van der Waals surface area contributed by atoms with Gasteiger partial charge in [-0.3, -0.25) is 14.9 Å². The second-order valence-electron chi connectivity index (χ2n) is 10.7. The molecule has 2 aromatic carbocycles. The predicted octanol–water partition coefficient (Wildman–Crippen LogP) is 3.93. The van der Waals surface area contributed by atoms with Crippen molar-refractivity contribution >= 4 is 39.1 Å². The van der Waals surface area contributed by atoms with E-state index in [1.807, 2.05) is 62.7 Å². The lowest BCUT2D eigenvalue weighted by molar-refractivity contribution is -0.141. The second kappa shape index (κ2) is 11.5. The lowest BCUT2D eigenvalue weighted by atomic mass is 10.00. The number of aryl methyl sites for hydroxylation is 1. The third-order valence-electron chi connectivity index (χ3n) is 7.57. The highest BCUT2D eigenvalue weighted by Gasteiger charge is 2.45. The van der Waals surface area contributed by atoms with Crippen LogP contribution in [0.4, 0.5) is 0 Å². The highest BCUT2D eigenvalue weighted by Crippen LogP contribution is 2.32. The SMILES string of the molecule is Cc1ncsc1-c1ccc(CNC(O)[C@@H]2C[C@@H](O)CN2C(=O)[C@H](C(C)C)N2Cc3cc(Br)ccc3C2=O)cc1. The normalized spacial score (nSPS) is 20.5. The fraction of sp³-hybridized carbons (Fsp3) is 0.414. The molecule has 1 fully saturated rings. The number of hydrogen-bond donors (Lipinski definition) is 3. The number of aromatic nitrogens is 1. The zero-order chi connectivity index (χ0) is 27.8. The molecular formula is C29H33BrN4O4S. The number of aliphatic hydroxyl groups is 2. The Morgan fingerprint density at radius 1 is 1.23 bits per heavy atom. The van der Waals surface area contributed by atoms with E-state index in [4.69, 9.17) is 0 Å². The highest BCUT2D eigenvalue weighted by atomic mass is 79.9. The van der Waals surface area contributed by atoms with Gasteiger partial charge in [-0.25, -0.2) is 4.98 Å². The summed E-state index contributed by atoms with van der Waals surface area (Å²) in [6.45, 7) is 6.70. The summed E-state index contributed by atoms with van der Waals surface area (Å²) in [7, 11) is 0. The minimum atomic E-state index is -1.04. The van der Waals surface area contributed by atoms with Gasteiger partial charge < -0.3 is 20.0 Å². The molecule has 4 atom stereocenters. The number of rotatable bonds is 8. The zero-order valence-corrected chi connectivity index (χ0v) is 24.6. The molecule has 0 spiro atoms. The number of carbonyl (C=O) groups is 2. The number of fused-ring (bicyclic) bond motifs is 1. The molecular weight excluding hydrogens is 580 g/mol. The Morgan fingerprint density at radius 2 is 1.97 bits per heavy atom. The van der Waals surface area contributed by atoms with E-state index in [1.165, 1.54) is 0 Å². The van der Waals surface area contributed by atoms with E-state index in [9.17, 15) is 19.8 Å². The van der Waals surface area contributed by atoms with Crippen molar-refractivity contribution in [3.05, 3.63) is 74.8 Å². The van der Waals surface area contributed by atoms with Crippen LogP contribution in [-0.4, -0.2) is 67.8 Å². The molecule has 1 unspecified atom stereocenters. The molecule has 3 heterocycles. The Hall–Kier alpha value is -2.63. The first-order chi connectivity index (χ1) is 18.6. The summed E-state index contributed by atoms with van der Waals surface area (Å²) in [5.74, 6) is -0.572. The summed E-state index contributed by atoms with van der Waals surface area (Å²) in [4.78, 5) is 35.8. The van der Waals surface area contributed by atoms with E-state index in [2.05, 4.69) is 26.2 Å². The molecule has 0 radical (unpaired) electrons. The van der Waals surface area contributed by atoms with Crippen LogP contribution in [-0.2, 0) is 17.9 Å². The van der Waals surface area contributed by atoms with Crippen molar-refractivity contribution in [1.82, 2.24) is 20.1 Å². The maximum Gasteiger partial charge on any atom is 0.255 e. The third kappa shape index (κ3) is 5.67. The number of hydrogen-bond acceptors (Lipinski definition) is 7. The largest absolute Gasteiger partial charge is 0.391 e. The van der Waals surface area contributed by atoms with Gasteiger partial charge in [-0.05, 0) is 54.2 Å². The molecule has 3 aromatic rings. The maximum absolute atomic E-state index is 13.9. The van der Waals surface area contributed by atoms with Crippen LogP contribution in [0, 0.1) is 12.8 Å². The van der Waals surface area contributed by atoms with E-state index in [0.717, 1.165) is 31.7 Å². The number of halogens is 1. The first-order valence-corrected chi connectivity index (χ1v) is 14.8. The molecule has 5 rings (SSSR count). The summed E-state index contributed by atoms with van der Waals surface area (Å²) >= 11 is 5.06. The van der Waals surface area contributed by atoms with Gasteiger partial charge in [0.1, 0.15) is 12.3 Å². The lowest BCUT2D eigenvalue weighted by Gasteiger charge is -2.36. The van der Waals surface area contributed by atoms with Gasteiger partial charge in [-0.1, -0.05) is 54.0 Å². The number of amides is 2. The number of carbonyl (C=O) groups excluding carboxylic acids is 2. The van der Waals surface area contributed by atoms with Gasteiger partial charge >= 0.3 is 0 Å². The average Bonchev–Trinajstić information content (AvgIpc) is 3.59. The van der Waals surface area contributed by atoms with Gasteiger partial charge in [-0.15, -0.1) is 11.3 Å². The van der Waals surface area contributed by atoms with Crippen LogP contribution in [0.1, 0.15) is 47.4 Å². The predicted molar refractivity (Wildman–Crippen MR) is 154 cm³/mol. The zero-order valence-electron chi connectivity index (χ0n) is 22.2. The van der Waals surface area contributed by atoms with E-state index < -0.39 is 24.4 Å². The fourth-order valence-electron chi connectivity index (χ4n) is 5.59. The molecule has 1 saturated heterocycles. The molecule has 0 bridgehead atoms. The van der Waals surface area contributed by atoms with Gasteiger partial charge in [0.25, 0.3) is 5.91 Å². The van der Waals surface area contributed by atoms with Crippen molar-refractivity contribution in [2.24, 2.45) is 5.92 Å². The highest BCUT2D eigenvalue weighted by molar-refractivity contribution is 9.10. The molecule has 0 saturated carbocycles. The number of nitrogens with zero attached hydrogens (tertiary/aromatic N) is 3. The third-order valence-corrected chi connectivity index (χ3v) is 9.04. The van der Waals surface area contributed by atoms with Gasteiger partial charge in [0.2, 0.25) is 5.91 Å². The summed E-state index contributed by atoms with van der Waals surface area (Å²) < 4.78 is 0.883. The van der Waals surface area contributed by atoms with Gasteiger partial charge in [0.15, 0.2) is 0 Å². The Balaban J connectivity index is 1.27.